The van der Waals surface area contributed by atoms with Crippen LogP contribution in [-0.4, -0.2) is 74.6 Å². The van der Waals surface area contributed by atoms with Crippen molar-refractivity contribution in [1.82, 2.24) is 19.6 Å². The Bertz CT molecular complexity index is 760. The van der Waals surface area contributed by atoms with Crippen LogP contribution in [0.1, 0.15) is 32.1 Å². The van der Waals surface area contributed by atoms with Gasteiger partial charge < -0.3 is 14.5 Å². The summed E-state index contributed by atoms with van der Waals surface area (Å²) < 4.78 is 7.35. The summed E-state index contributed by atoms with van der Waals surface area (Å²) in [5.41, 5.74) is -0.116. The summed E-state index contributed by atoms with van der Waals surface area (Å²) in [6.07, 6.45) is 5.27. The molecule has 9 heteroatoms. The molecule has 1 saturated carbocycles. The van der Waals surface area contributed by atoms with Gasteiger partial charge in [-0.25, -0.2) is 9.48 Å². The van der Waals surface area contributed by atoms with Crippen molar-refractivity contribution in [3.05, 3.63) is 22.5 Å². The second-order valence-electron chi connectivity index (χ2n) is 7.92. The van der Waals surface area contributed by atoms with E-state index in [0.717, 1.165) is 57.4 Å². The molecule has 0 aromatic carbocycles. The standard InChI is InChI=1S/C19H28IN5O3/c1-22-18(26)6-5-17(21-22)25-8-7-15(13-16(25)20)28-19(27)24-11-9-23(10-12-24)14-3-2-4-14/h5-6,14-16H,2-4,7-13H2,1H3. The van der Waals surface area contributed by atoms with E-state index in [2.05, 4.69) is 37.5 Å². The van der Waals surface area contributed by atoms with E-state index in [-0.39, 0.29) is 21.8 Å². The van der Waals surface area contributed by atoms with Crippen LogP contribution in [0.5, 0.6) is 0 Å². The fourth-order valence-corrected chi connectivity index (χ4v) is 5.26. The summed E-state index contributed by atoms with van der Waals surface area (Å²) in [7, 11) is 1.66. The predicted molar refractivity (Wildman–Crippen MR) is 115 cm³/mol. The minimum absolute atomic E-state index is 0.0668. The smallest absolute Gasteiger partial charge is 0.410 e. The molecule has 0 spiro atoms. The maximum Gasteiger partial charge on any atom is 0.410 e. The van der Waals surface area contributed by atoms with Crippen molar-refractivity contribution in [2.75, 3.05) is 37.6 Å². The first-order valence-electron chi connectivity index (χ1n) is 10.2. The molecule has 3 heterocycles. The highest BCUT2D eigenvalue weighted by Crippen LogP contribution is 2.29. The molecular formula is C19H28IN5O3. The van der Waals surface area contributed by atoms with Gasteiger partial charge in [-0.2, -0.15) is 5.10 Å². The Morgan fingerprint density at radius 1 is 1.14 bits per heavy atom. The van der Waals surface area contributed by atoms with Crippen LogP contribution in [0.3, 0.4) is 0 Å². The Morgan fingerprint density at radius 2 is 1.89 bits per heavy atom. The fourth-order valence-electron chi connectivity index (χ4n) is 4.13. The summed E-state index contributed by atoms with van der Waals surface area (Å²) in [4.78, 5) is 30.7. The summed E-state index contributed by atoms with van der Waals surface area (Å²) in [6, 6.07) is 4.05. The number of ether oxygens (including phenoxy) is 1. The third-order valence-electron chi connectivity index (χ3n) is 6.16. The lowest BCUT2D eigenvalue weighted by molar-refractivity contribution is 0.0225. The van der Waals surface area contributed by atoms with Gasteiger partial charge in [0, 0.05) is 64.7 Å². The van der Waals surface area contributed by atoms with Crippen molar-refractivity contribution in [2.45, 2.75) is 48.3 Å². The number of hydrogen-bond acceptors (Lipinski definition) is 6. The van der Waals surface area contributed by atoms with E-state index in [9.17, 15) is 9.59 Å². The number of halogens is 1. The van der Waals surface area contributed by atoms with E-state index in [1.165, 1.54) is 23.9 Å². The number of rotatable bonds is 3. The Kier molecular flexibility index (Phi) is 6.10. The zero-order valence-corrected chi connectivity index (χ0v) is 18.5. The number of nitrogens with zero attached hydrogens (tertiary/aromatic N) is 5. The molecule has 0 bridgehead atoms. The Balaban J connectivity index is 1.26. The lowest BCUT2D eigenvalue weighted by atomic mass is 9.91. The largest absolute Gasteiger partial charge is 0.446 e. The van der Waals surface area contributed by atoms with Crippen molar-refractivity contribution in [2.24, 2.45) is 7.05 Å². The third-order valence-corrected chi connectivity index (χ3v) is 7.34. The maximum absolute atomic E-state index is 12.6. The van der Waals surface area contributed by atoms with Crippen LogP contribution in [0, 0.1) is 0 Å². The van der Waals surface area contributed by atoms with Crippen molar-refractivity contribution in [3.8, 4) is 0 Å². The molecular weight excluding hydrogens is 473 g/mol. The number of carbonyl (C=O) groups excluding carboxylic acids is 1. The molecule has 2 unspecified atom stereocenters. The van der Waals surface area contributed by atoms with Gasteiger partial charge in [-0.1, -0.05) is 29.0 Å². The van der Waals surface area contributed by atoms with Gasteiger partial charge in [-0.05, 0) is 18.9 Å². The molecule has 154 valence electrons. The first-order valence-corrected chi connectivity index (χ1v) is 11.4. The number of carbonyl (C=O) groups is 1. The summed E-state index contributed by atoms with van der Waals surface area (Å²) >= 11 is 2.37. The average molecular weight is 501 g/mol. The number of piperidine rings is 1. The van der Waals surface area contributed by atoms with Crippen LogP contribution in [-0.2, 0) is 11.8 Å². The number of piperazine rings is 1. The Morgan fingerprint density at radius 3 is 2.50 bits per heavy atom. The third kappa shape index (κ3) is 4.29. The van der Waals surface area contributed by atoms with Gasteiger partial charge in [0.05, 0.1) is 4.05 Å². The normalized spacial score (nSPS) is 26.8. The fraction of sp³-hybridized carbons (Fsp3) is 0.737. The topological polar surface area (TPSA) is 70.9 Å². The molecule has 3 fully saturated rings. The van der Waals surface area contributed by atoms with Crippen molar-refractivity contribution in [3.63, 3.8) is 0 Å². The molecule has 28 heavy (non-hydrogen) atoms. The molecule has 2 saturated heterocycles. The predicted octanol–water partition coefficient (Wildman–Crippen LogP) is 1.82. The zero-order chi connectivity index (χ0) is 19.7. The lowest BCUT2D eigenvalue weighted by Gasteiger charge is -2.43. The van der Waals surface area contributed by atoms with Crippen LogP contribution in [0.4, 0.5) is 10.6 Å². The SMILES string of the molecule is Cn1nc(N2CCC(OC(=O)N3CCN(C4CCC4)CC3)CC2I)ccc1=O. The van der Waals surface area contributed by atoms with Crippen LogP contribution >= 0.6 is 22.6 Å². The van der Waals surface area contributed by atoms with Gasteiger partial charge in [0.15, 0.2) is 0 Å². The van der Waals surface area contributed by atoms with Crippen molar-refractivity contribution >= 4 is 34.5 Å². The molecule has 1 aliphatic carbocycles. The molecule has 4 rings (SSSR count). The number of hydrogen-bond donors (Lipinski definition) is 0. The molecule has 0 radical (unpaired) electrons. The highest BCUT2D eigenvalue weighted by Gasteiger charge is 2.33. The quantitative estimate of drug-likeness (QED) is 0.358. The molecule has 8 nitrogen and oxygen atoms in total. The van der Waals surface area contributed by atoms with Crippen LogP contribution in [0.15, 0.2) is 16.9 Å². The molecule has 1 aromatic rings. The Hall–Kier alpha value is -1.36. The maximum atomic E-state index is 12.6. The van der Waals surface area contributed by atoms with Gasteiger partial charge in [-0.15, -0.1) is 0 Å². The van der Waals surface area contributed by atoms with E-state index in [1.54, 1.807) is 19.2 Å². The number of aromatic nitrogens is 2. The number of aryl methyl sites for hydroxylation is 1. The highest BCUT2D eigenvalue weighted by atomic mass is 127. The minimum atomic E-state index is -0.171. The number of anilines is 1. The zero-order valence-electron chi connectivity index (χ0n) is 16.3. The molecule has 0 N–H and O–H groups in total. The Labute approximate surface area is 178 Å². The summed E-state index contributed by atoms with van der Waals surface area (Å²) in [5, 5.41) is 4.34. The summed E-state index contributed by atoms with van der Waals surface area (Å²) in [5.74, 6) is 0.790. The van der Waals surface area contributed by atoms with E-state index in [4.69, 9.17) is 4.74 Å². The molecule has 1 amide bonds. The van der Waals surface area contributed by atoms with Crippen molar-refractivity contribution < 1.29 is 9.53 Å². The van der Waals surface area contributed by atoms with Gasteiger partial charge >= 0.3 is 6.09 Å². The molecule has 2 aliphatic heterocycles. The van der Waals surface area contributed by atoms with Crippen molar-refractivity contribution in [1.29, 1.82) is 0 Å². The highest BCUT2D eigenvalue weighted by molar-refractivity contribution is 14.1. The monoisotopic (exact) mass is 501 g/mol. The van der Waals surface area contributed by atoms with E-state index < -0.39 is 0 Å². The first-order chi connectivity index (χ1) is 13.5. The minimum Gasteiger partial charge on any atom is -0.446 e. The van der Waals surface area contributed by atoms with Crippen LogP contribution < -0.4 is 10.5 Å². The first kappa shape index (κ1) is 19.9. The van der Waals surface area contributed by atoms with Crippen LogP contribution in [0.25, 0.3) is 0 Å². The molecule has 3 aliphatic rings. The van der Waals surface area contributed by atoms with E-state index in [0.29, 0.717) is 0 Å². The average Bonchev–Trinajstić information content (AvgIpc) is 2.63. The molecule has 1 aromatic heterocycles. The van der Waals surface area contributed by atoms with Gasteiger partial charge in [0.25, 0.3) is 5.56 Å². The lowest BCUT2D eigenvalue weighted by Crippen LogP contribution is -2.54. The van der Waals surface area contributed by atoms with Gasteiger partial charge in [0.1, 0.15) is 11.9 Å². The van der Waals surface area contributed by atoms with E-state index >= 15 is 0 Å². The van der Waals surface area contributed by atoms with Gasteiger partial charge in [-0.3, -0.25) is 9.69 Å². The second kappa shape index (κ2) is 8.56. The molecule has 2 atom stereocenters. The second-order valence-corrected chi connectivity index (χ2v) is 9.36. The van der Waals surface area contributed by atoms with Gasteiger partial charge in [0.2, 0.25) is 0 Å². The number of alkyl halides is 1. The summed E-state index contributed by atoms with van der Waals surface area (Å²) in [6.45, 7) is 4.22. The number of amides is 1. The van der Waals surface area contributed by atoms with E-state index in [1.807, 2.05) is 4.90 Å². The van der Waals surface area contributed by atoms with Crippen LogP contribution in [0.2, 0.25) is 0 Å².